The fourth-order valence-electron chi connectivity index (χ4n) is 3.47. The van der Waals surface area contributed by atoms with Crippen LogP contribution in [0.15, 0.2) is 35.3 Å². The summed E-state index contributed by atoms with van der Waals surface area (Å²) < 4.78 is 5.19. The van der Waals surface area contributed by atoms with E-state index in [1.54, 1.807) is 7.11 Å². The highest BCUT2D eigenvalue weighted by Crippen LogP contribution is 2.23. The highest BCUT2D eigenvalue weighted by Gasteiger charge is 2.21. The molecule has 1 fully saturated rings. The van der Waals surface area contributed by atoms with Crippen molar-refractivity contribution in [3.05, 3.63) is 35.9 Å². The lowest BCUT2D eigenvalue weighted by atomic mass is 9.85. The maximum absolute atomic E-state index is 5.19. The molecule has 0 radical (unpaired) electrons. The molecule has 0 aromatic heterocycles. The average molecular weight is 502 g/mol. The Kier molecular flexibility index (Phi) is 12.0. The summed E-state index contributed by atoms with van der Waals surface area (Å²) >= 11 is 0. The molecule has 1 heterocycles. The van der Waals surface area contributed by atoms with E-state index in [0.717, 1.165) is 44.7 Å². The molecule has 1 aliphatic heterocycles. The largest absolute Gasteiger partial charge is 0.383 e. The number of nitrogens with one attached hydrogen (secondary N) is 2. The van der Waals surface area contributed by atoms with Crippen molar-refractivity contribution in [1.29, 1.82) is 0 Å². The molecule has 0 atom stereocenters. The van der Waals surface area contributed by atoms with E-state index in [1.165, 1.54) is 31.5 Å². The van der Waals surface area contributed by atoms with Crippen LogP contribution in [-0.4, -0.2) is 63.8 Å². The molecule has 0 amide bonds. The summed E-state index contributed by atoms with van der Waals surface area (Å²) in [5.74, 6) is 1.65. The summed E-state index contributed by atoms with van der Waals surface area (Å²) in [5.41, 5.74) is 1.35. The highest BCUT2D eigenvalue weighted by molar-refractivity contribution is 14.0. The molecule has 1 aromatic rings. The van der Waals surface area contributed by atoms with Crippen molar-refractivity contribution in [1.82, 2.24) is 15.5 Å². The van der Waals surface area contributed by atoms with Gasteiger partial charge in [0.05, 0.1) is 13.2 Å². The summed E-state index contributed by atoms with van der Waals surface area (Å²) in [6.07, 6.45) is 2.48. The number of halogens is 1. The van der Waals surface area contributed by atoms with E-state index in [1.807, 2.05) is 0 Å². The van der Waals surface area contributed by atoms with Crippen molar-refractivity contribution >= 4 is 29.9 Å². The molecule has 6 heteroatoms. The van der Waals surface area contributed by atoms with Crippen LogP contribution in [0.5, 0.6) is 0 Å². The summed E-state index contributed by atoms with van der Waals surface area (Å²) in [6, 6.07) is 10.6. The Morgan fingerprint density at radius 3 is 2.46 bits per heavy atom. The number of benzene rings is 1. The molecular weight excluding hydrogens is 463 g/mol. The van der Waals surface area contributed by atoms with Crippen LogP contribution in [0.25, 0.3) is 0 Å². The third-order valence-electron chi connectivity index (χ3n) is 5.41. The minimum absolute atomic E-state index is 0. The van der Waals surface area contributed by atoms with Crippen LogP contribution in [-0.2, 0) is 10.2 Å². The summed E-state index contributed by atoms with van der Waals surface area (Å²) in [4.78, 5) is 7.37. The lowest BCUT2D eigenvalue weighted by Gasteiger charge is -2.32. The molecule has 0 saturated carbocycles. The van der Waals surface area contributed by atoms with E-state index < -0.39 is 0 Å². The number of guanidine groups is 1. The SMILES string of the molecule is CCNC(=NCC(C)(C)c1ccccc1)NCC1CCN(CCOC)CC1.I. The number of aliphatic imine (C=N–C) groups is 1. The van der Waals surface area contributed by atoms with Gasteiger partial charge in [-0.05, 0) is 44.3 Å². The molecule has 2 N–H and O–H groups in total. The second-order valence-electron chi connectivity index (χ2n) is 8.10. The van der Waals surface area contributed by atoms with Gasteiger partial charge >= 0.3 is 0 Å². The van der Waals surface area contributed by atoms with Gasteiger partial charge in [-0.1, -0.05) is 44.2 Å². The summed E-state index contributed by atoms with van der Waals surface area (Å²) in [7, 11) is 1.78. The first-order valence-corrected chi connectivity index (χ1v) is 10.3. The van der Waals surface area contributed by atoms with Gasteiger partial charge in [0.2, 0.25) is 0 Å². The fraction of sp³-hybridized carbons (Fsp3) is 0.682. The van der Waals surface area contributed by atoms with Gasteiger partial charge in [-0.15, -0.1) is 24.0 Å². The maximum Gasteiger partial charge on any atom is 0.191 e. The van der Waals surface area contributed by atoms with Crippen molar-refractivity contribution in [2.75, 3.05) is 53.0 Å². The van der Waals surface area contributed by atoms with Gasteiger partial charge in [-0.2, -0.15) is 0 Å². The van der Waals surface area contributed by atoms with E-state index in [-0.39, 0.29) is 29.4 Å². The maximum atomic E-state index is 5.19. The van der Waals surface area contributed by atoms with Crippen LogP contribution in [0.1, 0.15) is 39.2 Å². The molecule has 1 aliphatic rings. The first kappa shape index (κ1) is 25.2. The quantitative estimate of drug-likeness (QED) is 0.309. The second-order valence-corrected chi connectivity index (χ2v) is 8.10. The molecule has 28 heavy (non-hydrogen) atoms. The smallest absolute Gasteiger partial charge is 0.191 e. The number of ether oxygens (including phenoxy) is 1. The second kappa shape index (κ2) is 13.4. The minimum atomic E-state index is 0. The fourth-order valence-corrected chi connectivity index (χ4v) is 3.47. The normalized spacial score (nSPS) is 16.5. The first-order chi connectivity index (χ1) is 13.0. The van der Waals surface area contributed by atoms with Crippen LogP contribution in [0.4, 0.5) is 0 Å². The molecule has 5 nitrogen and oxygen atoms in total. The standard InChI is InChI=1S/C22H38N4O.HI/c1-5-23-21(25-18-22(2,3)20-9-7-6-8-10-20)24-17-19-11-13-26(14-12-19)15-16-27-4;/h6-10,19H,5,11-18H2,1-4H3,(H2,23,24,25);1H. The lowest BCUT2D eigenvalue weighted by Crippen LogP contribution is -2.43. The van der Waals surface area contributed by atoms with E-state index in [9.17, 15) is 0 Å². The Bertz CT molecular complexity index is 557. The predicted octanol–water partition coefficient (Wildman–Crippen LogP) is 3.50. The third-order valence-corrected chi connectivity index (χ3v) is 5.41. The number of methoxy groups -OCH3 is 1. The monoisotopic (exact) mass is 502 g/mol. The Morgan fingerprint density at radius 2 is 1.86 bits per heavy atom. The topological polar surface area (TPSA) is 48.9 Å². The Morgan fingerprint density at radius 1 is 1.18 bits per heavy atom. The molecule has 2 rings (SSSR count). The Hall–Kier alpha value is -0.860. The minimum Gasteiger partial charge on any atom is -0.383 e. The van der Waals surface area contributed by atoms with Crippen molar-refractivity contribution < 1.29 is 4.74 Å². The van der Waals surface area contributed by atoms with Gasteiger partial charge in [-0.3, -0.25) is 4.99 Å². The van der Waals surface area contributed by atoms with Gasteiger partial charge < -0.3 is 20.3 Å². The number of likely N-dealkylation sites (tertiary alicyclic amines) is 1. The molecule has 0 spiro atoms. The van der Waals surface area contributed by atoms with Crippen molar-refractivity contribution in [3.8, 4) is 0 Å². The van der Waals surface area contributed by atoms with Crippen LogP contribution < -0.4 is 10.6 Å². The van der Waals surface area contributed by atoms with Gasteiger partial charge in [0, 0.05) is 32.2 Å². The molecule has 1 aromatic carbocycles. The zero-order valence-electron chi connectivity index (χ0n) is 18.0. The molecule has 0 bridgehead atoms. The molecule has 160 valence electrons. The van der Waals surface area contributed by atoms with Crippen LogP contribution in [0.2, 0.25) is 0 Å². The lowest BCUT2D eigenvalue weighted by molar-refractivity contribution is 0.121. The number of hydrogen-bond donors (Lipinski definition) is 2. The number of piperidine rings is 1. The highest BCUT2D eigenvalue weighted by atomic mass is 127. The Labute approximate surface area is 188 Å². The molecule has 0 aliphatic carbocycles. The Balaban J connectivity index is 0.00000392. The van der Waals surface area contributed by atoms with Crippen LogP contribution >= 0.6 is 24.0 Å². The average Bonchev–Trinajstić information content (AvgIpc) is 2.70. The summed E-state index contributed by atoms with van der Waals surface area (Å²) in [5, 5.41) is 6.96. The molecule has 1 saturated heterocycles. The number of rotatable bonds is 9. The molecular formula is C22H39IN4O. The van der Waals surface area contributed by atoms with Gasteiger partial charge in [0.1, 0.15) is 0 Å². The van der Waals surface area contributed by atoms with Gasteiger partial charge in [0.15, 0.2) is 5.96 Å². The van der Waals surface area contributed by atoms with E-state index in [4.69, 9.17) is 9.73 Å². The van der Waals surface area contributed by atoms with E-state index in [2.05, 4.69) is 66.6 Å². The van der Waals surface area contributed by atoms with Crippen molar-refractivity contribution in [2.45, 2.75) is 39.0 Å². The van der Waals surface area contributed by atoms with Gasteiger partial charge in [0.25, 0.3) is 0 Å². The summed E-state index contributed by atoms with van der Waals surface area (Å²) in [6.45, 7) is 13.5. The third kappa shape index (κ3) is 8.66. The molecule has 0 unspecified atom stereocenters. The zero-order valence-corrected chi connectivity index (χ0v) is 20.4. The van der Waals surface area contributed by atoms with Crippen LogP contribution in [0.3, 0.4) is 0 Å². The van der Waals surface area contributed by atoms with Crippen LogP contribution in [0, 0.1) is 5.92 Å². The first-order valence-electron chi connectivity index (χ1n) is 10.3. The predicted molar refractivity (Wildman–Crippen MR) is 130 cm³/mol. The number of nitrogens with zero attached hydrogens (tertiary/aromatic N) is 2. The number of hydrogen-bond acceptors (Lipinski definition) is 3. The zero-order chi connectivity index (χ0) is 19.5. The van der Waals surface area contributed by atoms with Gasteiger partial charge in [-0.25, -0.2) is 0 Å². The van der Waals surface area contributed by atoms with E-state index in [0.29, 0.717) is 0 Å². The van der Waals surface area contributed by atoms with Crippen molar-refractivity contribution in [3.63, 3.8) is 0 Å². The van der Waals surface area contributed by atoms with E-state index >= 15 is 0 Å². The van der Waals surface area contributed by atoms with Crippen molar-refractivity contribution in [2.24, 2.45) is 10.9 Å².